The average Bonchev–Trinajstić information content (AvgIpc) is 2.79. The van der Waals surface area contributed by atoms with E-state index in [1.807, 2.05) is 12.1 Å². The first-order valence-electron chi connectivity index (χ1n) is 5.60. The lowest BCUT2D eigenvalue weighted by atomic mass is 10.1. The van der Waals surface area contributed by atoms with E-state index in [0.29, 0.717) is 6.54 Å². The number of hydrogen-bond donors (Lipinski definition) is 0. The van der Waals surface area contributed by atoms with Crippen LogP contribution in [0.5, 0.6) is 0 Å². The highest BCUT2D eigenvalue weighted by molar-refractivity contribution is 7.89. The second-order valence-electron chi connectivity index (χ2n) is 4.05. The summed E-state index contributed by atoms with van der Waals surface area (Å²) in [6, 6.07) is 3.70. The van der Waals surface area contributed by atoms with E-state index in [2.05, 4.69) is 4.98 Å². The van der Waals surface area contributed by atoms with Crippen molar-refractivity contribution in [2.75, 3.05) is 18.2 Å². The Labute approximate surface area is 107 Å². The number of halogens is 1. The Hall–Kier alpha value is -0.650. The molecular formula is C11H15ClN2O2S. The molecule has 1 atom stereocenters. The summed E-state index contributed by atoms with van der Waals surface area (Å²) >= 11 is 5.54. The summed E-state index contributed by atoms with van der Waals surface area (Å²) in [7, 11) is -3.23. The van der Waals surface area contributed by atoms with Crippen molar-refractivity contribution in [3.63, 3.8) is 0 Å². The molecule has 0 amide bonds. The maximum Gasteiger partial charge on any atom is 0.215 e. The van der Waals surface area contributed by atoms with E-state index in [1.54, 1.807) is 16.7 Å². The number of sulfonamides is 1. The third-order valence-corrected chi connectivity index (χ3v) is 5.27. The van der Waals surface area contributed by atoms with Gasteiger partial charge in [0, 0.05) is 30.9 Å². The van der Waals surface area contributed by atoms with E-state index in [-0.39, 0.29) is 17.7 Å². The summed E-state index contributed by atoms with van der Waals surface area (Å²) < 4.78 is 25.7. The summed E-state index contributed by atoms with van der Waals surface area (Å²) in [6.45, 7) is 0.589. The Morgan fingerprint density at radius 3 is 2.76 bits per heavy atom. The predicted molar refractivity (Wildman–Crippen MR) is 67.4 cm³/mol. The Morgan fingerprint density at radius 1 is 1.41 bits per heavy atom. The van der Waals surface area contributed by atoms with Gasteiger partial charge in [0.2, 0.25) is 10.0 Å². The van der Waals surface area contributed by atoms with Crippen molar-refractivity contribution in [2.45, 2.75) is 18.9 Å². The van der Waals surface area contributed by atoms with Crippen molar-refractivity contribution in [2.24, 2.45) is 0 Å². The number of hydrogen-bond acceptors (Lipinski definition) is 3. The van der Waals surface area contributed by atoms with Gasteiger partial charge in [0.1, 0.15) is 0 Å². The molecule has 1 saturated heterocycles. The van der Waals surface area contributed by atoms with Gasteiger partial charge < -0.3 is 0 Å². The van der Waals surface area contributed by atoms with Crippen LogP contribution in [-0.2, 0) is 10.0 Å². The van der Waals surface area contributed by atoms with Crippen LogP contribution in [0.4, 0.5) is 0 Å². The van der Waals surface area contributed by atoms with E-state index < -0.39 is 10.0 Å². The number of nitrogens with zero attached hydrogens (tertiary/aromatic N) is 2. The van der Waals surface area contributed by atoms with E-state index in [4.69, 9.17) is 11.6 Å². The van der Waals surface area contributed by atoms with Gasteiger partial charge in [0.25, 0.3) is 0 Å². The zero-order valence-corrected chi connectivity index (χ0v) is 11.0. The zero-order valence-electron chi connectivity index (χ0n) is 9.42. The summed E-state index contributed by atoms with van der Waals surface area (Å²) in [5, 5.41) is 0. The monoisotopic (exact) mass is 274 g/mol. The predicted octanol–water partition coefficient (Wildman–Crippen LogP) is 1.79. The van der Waals surface area contributed by atoms with Gasteiger partial charge in [-0.2, -0.15) is 4.31 Å². The Morgan fingerprint density at radius 2 is 2.12 bits per heavy atom. The van der Waals surface area contributed by atoms with Crippen LogP contribution in [-0.4, -0.2) is 35.9 Å². The van der Waals surface area contributed by atoms with Crippen LogP contribution in [0.25, 0.3) is 0 Å². The lowest BCUT2D eigenvalue weighted by Crippen LogP contribution is -2.33. The maximum atomic E-state index is 12.0. The highest BCUT2D eigenvalue weighted by atomic mass is 35.5. The normalized spacial score (nSPS) is 21.8. The third kappa shape index (κ3) is 2.78. The van der Waals surface area contributed by atoms with Crippen molar-refractivity contribution < 1.29 is 8.42 Å². The summed E-state index contributed by atoms with van der Waals surface area (Å²) in [4.78, 5) is 3.95. The molecule has 94 valence electrons. The van der Waals surface area contributed by atoms with Crippen LogP contribution in [0.1, 0.15) is 24.4 Å². The van der Waals surface area contributed by atoms with E-state index in [0.717, 1.165) is 18.4 Å². The third-order valence-electron chi connectivity index (χ3n) is 2.99. The summed E-state index contributed by atoms with van der Waals surface area (Å²) in [5.41, 5.74) is 1.01. The average molecular weight is 275 g/mol. The molecule has 0 saturated carbocycles. The van der Waals surface area contributed by atoms with Gasteiger partial charge >= 0.3 is 0 Å². The molecule has 0 aromatic carbocycles. The lowest BCUT2D eigenvalue weighted by molar-refractivity contribution is 0.397. The van der Waals surface area contributed by atoms with Gasteiger partial charge in [-0.25, -0.2) is 8.42 Å². The van der Waals surface area contributed by atoms with Crippen LogP contribution < -0.4 is 0 Å². The smallest absolute Gasteiger partial charge is 0.215 e. The van der Waals surface area contributed by atoms with E-state index >= 15 is 0 Å². The van der Waals surface area contributed by atoms with E-state index in [1.165, 1.54) is 0 Å². The van der Waals surface area contributed by atoms with Gasteiger partial charge in [-0.3, -0.25) is 4.98 Å². The minimum absolute atomic E-state index is 0.0101. The molecule has 6 heteroatoms. The molecule has 1 aliphatic rings. The second kappa shape index (κ2) is 5.33. The number of rotatable bonds is 4. The van der Waals surface area contributed by atoms with Crippen LogP contribution >= 0.6 is 11.6 Å². The Kier molecular flexibility index (Phi) is 4.01. The molecule has 1 aromatic rings. The lowest BCUT2D eigenvalue weighted by Gasteiger charge is -2.23. The molecule has 0 bridgehead atoms. The minimum Gasteiger partial charge on any atom is -0.265 e. The molecule has 17 heavy (non-hydrogen) atoms. The quantitative estimate of drug-likeness (QED) is 0.787. The first-order valence-corrected chi connectivity index (χ1v) is 7.75. The fourth-order valence-corrected chi connectivity index (χ4v) is 4.24. The van der Waals surface area contributed by atoms with Crippen LogP contribution in [0, 0.1) is 0 Å². The zero-order chi connectivity index (χ0) is 12.3. The Balaban J connectivity index is 2.24. The number of pyridine rings is 1. The molecule has 1 aromatic heterocycles. The molecule has 0 spiro atoms. The van der Waals surface area contributed by atoms with Crippen LogP contribution in [0.2, 0.25) is 0 Å². The molecule has 0 aliphatic carbocycles. The topological polar surface area (TPSA) is 50.3 Å². The molecular weight excluding hydrogens is 260 g/mol. The highest BCUT2D eigenvalue weighted by Gasteiger charge is 2.34. The fourth-order valence-electron chi connectivity index (χ4n) is 2.21. The fraction of sp³-hybridized carbons (Fsp3) is 0.545. The molecule has 0 N–H and O–H groups in total. The minimum atomic E-state index is -3.23. The molecule has 1 unspecified atom stereocenters. The van der Waals surface area contributed by atoms with Crippen LogP contribution in [0.15, 0.2) is 24.5 Å². The molecule has 2 heterocycles. The van der Waals surface area contributed by atoms with Gasteiger partial charge in [0.05, 0.1) is 5.75 Å². The Bertz CT molecular complexity index is 464. The molecule has 0 radical (unpaired) electrons. The SMILES string of the molecule is O=S(=O)(CCCl)N1CCCC1c1ccncc1. The van der Waals surface area contributed by atoms with Crippen LogP contribution in [0.3, 0.4) is 0 Å². The largest absolute Gasteiger partial charge is 0.265 e. The maximum absolute atomic E-state index is 12.0. The molecule has 2 rings (SSSR count). The summed E-state index contributed by atoms with van der Waals surface area (Å²) in [6.07, 6.45) is 5.15. The number of aromatic nitrogens is 1. The molecule has 1 fully saturated rings. The van der Waals surface area contributed by atoms with Crippen molar-refractivity contribution in [3.8, 4) is 0 Å². The molecule has 4 nitrogen and oxygen atoms in total. The first-order chi connectivity index (χ1) is 8.15. The van der Waals surface area contributed by atoms with Crippen molar-refractivity contribution >= 4 is 21.6 Å². The van der Waals surface area contributed by atoms with Crippen molar-refractivity contribution in [1.29, 1.82) is 0 Å². The summed E-state index contributed by atoms with van der Waals surface area (Å²) in [5.74, 6) is 0.151. The highest BCUT2D eigenvalue weighted by Crippen LogP contribution is 2.33. The standard InChI is InChI=1S/C11H15ClN2O2S/c12-5-9-17(15,16)14-8-1-2-11(14)10-3-6-13-7-4-10/h3-4,6-7,11H,1-2,5,8-9H2. The van der Waals surface area contributed by atoms with Crippen molar-refractivity contribution in [1.82, 2.24) is 9.29 Å². The van der Waals surface area contributed by atoms with E-state index in [9.17, 15) is 8.42 Å². The second-order valence-corrected chi connectivity index (χ2v) is 6.47. The van der Waals surface area contributed by atoms with Crippen molar-refractivity contribution in [3.05, 3.63) is 30.1 Å². The van der Waals surface area contributed by atoms with Gasteiger partial charge in [-0.1, -0.05) is 0 Å². The first kappa shape index (κ1) is 12.8. The number of alkyl halides is 1. The molecule has 1 aliphatic heterocycles. The van der Waals surface area contributed by atoms with Gasteiger partial charge in [-0.15, -0.1) is 11.6 Å². The van der Waals surface area contributed by atoms with Gasteiger partial charge in [-0.05, 0) is 30.5 Å². The van der Waals surface area contributed by atoms with Gasteiger partial charge in [0.15, 0.2) is 0 Å².